The Morgan fingerprint density at radius 3 is 2.76 bits per heavy atom. The summed E-state index contributed by atoms with van der Waals surface area (Å²) in [5, 5.41) is 2.53. The minimum absolute atomic E-state index is 0.0530. The van der Waals surface area contributed by atoms with E-state index in [-0.39, 0.29) is 12.6 Å². The lowest BCUT2D eigenvalue weighted by atomic mass is 10.2. The van der Waals surface area contributed by atoms with Crippen LogP contribution >= 0.6 is 7.52 Å². The van der Waals surface area contributed by atoms with Crippen molar-refractivity contribution in [1.82, 2.24) is 5.09 Å². The molecule has 0 spiro atoms. The van der Waals surface area contributed by atoms with Crippen molar-refractivity contribution in [3.8, 4) is 0 Å². The van der Waals surface area contributed by atoms with Gasteiger partial charge in [-0.1, -0.05) is 37.3 Å². The van der Waals surface area contributed by atoms with E-state index < -0.39 is 19.4 Å². The van der Waals surface area contributed by atoms with Gasteiger partial charge in [-0.15, -0.1) is 0 Å². The van der Waals surface area contributed by atoms with Crippen molar-refractivity contribution < 1.29 is 23.7 Å². The van der Waals surface area contributed by atoms with E-state index >= 15 is 0 Å². The third kappa shape index (κ3) is 4.64. The van der Waals surface area contributed by atoms with E-state index in [0.717, 1.165) is 5.56 Å². The molecule has 1 aromatic carbocycles. The Balaban J connectivity index is 2.08. The van der Waals surface area contributed by atoms with Crippen molar-refractivity contribution in [3.05, 3.63) is 35.9 Å². The predicted octanol–water partition coefficient (Wildman–Crippen LogP) is 2.38. The van der Waals surface area contributed by atoms with Gasteiger partial charge in [0, 0.05) is 12.8 Å². The highest BCUT2D eigenvalue weighted by atomic mass is 31.2. The number of hydrogen-bond donors (Lipinski definition) is 2. The molecule has 2 atom stereocenters. The largest absolute Gasteiger partial charge is 0.418 e. The third-order valence-electron chi connectivity index (χ3n) is 3.14. The molecular weight excluding hydrogens is 293 g/mol. The van der Waals surface area contributed by atoms with E-state index in [1.54, 1.807) is 31.2 Å². The van der Waals surface area contributed by atoms with E-state index in [9.17, 15) is 14.3 Å². The molecular formula is C14H20NO5P. The summed E-state index contributed by atoms with van der Waals surface area (Å²) in [6.07, 6.45) is 1.15. The summed E-state index contributed by atoms with van der Waals surface area (Å²) in [6, 6.07) is 8.97. The van der Waals surface area contributed by atoms with Gasteiger partial charge in [0.15, 0.2) is 0 Å². The molecule has 1 saturated heterocycles. The average molecular weight is 313 g/mol. The van der Waals surface area contributed by atoms with Crippen molar-refractivity contribution in [3.63, 3.8) is 0 Å². The van der Waals surface area contributed by atoms with Crippen LogP contribution in [0.2, 0.25) is 0 Å². The molecule has 2 N–H and O–H groups in total. The van der Waals surface area contributed by atoms with Gasteiger partial charge in [0.1, 0.15) is 0 Å². The second-order valence-electron chi connectivity index (χ2n) is 4.99. The minimum atomic E-state index is -3.75. The SMILES string of the molecule is CCC(=O)OC1(NP(=O)(O)Cc2ccccc2)CCCO1. The Morgan fingerprint density at radius 2 is 2.19 bits per heavy atom. The number of rotatable bonds is 6. The highest BCUT2D eigenvalue weighted by molar-refractivity contribution is 7.55. The van der Waals surface area contributed by atoms with Gasteiger partial charge in [-0.2, -0.15) is 5.09 Å². The molecule has 2 rings (SSSR count). The molecule has 0 bridgehead atoms. The first kappa shape index (κ1) is 16.2. The third-order valence-corrected chi connectivity index (χ3v) is 4.62. The normalized spacial score (nSPS) is 24.5. The predicted molar refractivity (Wildman–Crippen MR) is 77.4 cm³/mol. The van der Waals surface area contributed by atoms with Crippen LogP contribution in [0.5, 0.6) is 0 Å². The second kappa shape index (κ2) is 6.71. The van der Waals surface area contributed by atoms with Crippen molar-refractivity contribution in [2.24, 2.45) is 0 Å². The summed E-state index contributed by atoms with van der Waals surface area (Å²) in [4.78, 5) is 21.7. The molecule has 0 amide bonds. The number of carbonyl (C=O) groups excluding carboxylic acids is 1. The number of hydrogen-bond acceptors (Lipinski definition) is 4. The Bertz CT molecular complexity index is 527. The maximum Gasteiger partial charge on any atom is 0.309 e. The fourth-order valence-corrected chi connectivity index (χ4v) is 3.74. The zero-order valence-electron chi connectivity index (χ0n) is 11.9. The first-order valence-corrected chi connectivity index (χ1v) is 8.80. The molecule has 2 unspecified atom stereocenters. The molecule has 0 aromatic heterocycles. The van der Waals surface area contributed by atoms with Crippen LogP contribution in [-0.2, 0) is 25.0 Å². The monoisotopic (exact) mass is 313 g/mol. The first-order valence-electron chi connectivity index (χ1n) is 6.96. The number of esters is 1. The molecule has 0 aliphatic carbocycles. The van der Waals surface area contributed by atoms with E-state index in [1.165, 1.54) is 0 Å². The van der Waals surface area contributed by atoms with Gasteiger partial charge >= 0.3 is 5.97 Å². The van der Waals surface area contributed by atoms with Gasteiger partial charge in [0.05, 0.1) is 12.8 Å². The maximum absolute atomic E-state index is 12.4. The van der Waals surface area contributed by atoms with Crippen LogP contribution in [0.3, 0.4) is 0 Å². The standard InChI is InChI=1S/C14H20NO5P/c1-2-13(16)20-14(9-6-10-19-14)15-21(17,18)11-12-7-4-3-5-8-12/h3-5,7-8H,2,6,9-11H2,1H3,(H2,15,17,18). The van der Waals surface area contributed by atoms with Crippen LogP contribution in [0.1, 0.15) is 31.7 Å². The number of nitrogens with one attached hydrogen (secondary N) is 1. The van der Waals surface area contributed by atoms with Crippen molar-refractivity contribution in [2.45, 2.75) is 38.3 Å². The van der Waals surface area contributed by atoms with Gasteiger partial charge in [-0.25, -0.2) is 0 Å². The van der Waals surface area contributed by atoms with E-state index in [1.807, 2.05) is 6.07 Å². The Morgan fingerprint density at radius 1 is 1.48 bits per heavy atom. The number of benzene rings is 1. The molecule has 1 fully saturated rings. The van der Waals surface area contributed by atoms with Crippen molar-refractivity contribution in [1.29, 1.82) is 0 Å². The van der Waals surface area contributed by atoms with Crippen LogP contribution < -0.4 is 5.09 Å². The fraction of sp³-hybridized carbons (Fsp3) is 0.500. The molecule has 6 nitrogen and oxygen atoms in total. The molecule has 1 aliphatic heterocycles. The van der Waals surface area contributed by atoms with Crippen LogP contribution in [-0.4, -0.2) is 23.4 Å². The van der Waals surface area contributed by atoms with Gasteiger partial charge in [-0.3, -0.25) is 9.36 Å². The summed E-state index contributed by atoms with van der Waals surface area (Å²) in [7, 11) is -3.75. The van der Waals surface area contributed by atoms with Gasteiger partial charge < -0.3 is 14.4 Å². The van der Waals surface area contributed by atoms with E-state index in [0.29, 0.717) is 19.4 Å². The molecule has 0 saturated carbocycles. The van der Waals surface area contributed by atoms with Crippen LogP contribution in [0.4, 0.5) is 0 Å². The van der Waals surface area contributed by atoms with Crippen LogP contribution in [0.25, 0.3) is 0 Å². The summed E-state index contributed by atoms with van der Waals surface area (Å²) >= 11 is 0. The van der Waals surface area contributed by atoms with Gasteiger partial charge in [0.25, 0.3) is 13.4 Å². The van der Waals surface area contributed by atoms with E-state index in [2.05, 4.69) is 5.09 Å². The van der Waals surface area contributed by atoms with Crippen molar-refractivity contribution in [2.75, 3.05) is 6.61 Å². The topological polar surface area (TPSA) is 84.9 Å². The van der Waals surface area contributed by atoms with Crippen LogP contribution in [0.15, 0.2) is 30.3 Å². The van der Waals surface area contributed by atoms with Gasteiger partial charge in [0.2, 0.25) is 0 Å². The summed E-state index contributed by atoms with van der Waals surface area (Å²) in [6.45, 7) is 2.04. The lowest BCUT2D eigenvalue weighted by molar-refractivity contribution is -0.219. The fourth-order valence-electron chi connectivity index (χ4n) is 2.20. The summed E-state index contributed by atoms with van der Waals surface area (Å²) in [5.41, 5.74) is 0.728. The average Bonchev–Trinajstić information content (AvgIpc) is 2.86. The lowest BCUT2D eigenvalue weighted by Gasteiger charge is -2.30. The first-order chi connectivity index (χ1) is 9.95. The highest BCUT2D eigenvalue weighted by Crippen LogP contribution is 2.44. The smallest absolute Gasteiger partial charge is 0.309 e. The second-order valence-corrected chi connectivity index (χ2v) is 6.93. The maximum atomic E-state index is 12.4. The molecule has 7 heteroatoms. The summed E-state index contributed by atoms with van der Waals surface area (Å²) < 4.78 is 23.0. The lowest BCUT2D eigenvalue weighted by Crippen LogP contribution is -2.46. The molecule has 0 radical (unpaired) electrons. The molecule has 1 heterocycles. The number of ether oxygens (including phenoxy) is 2. The zero-order valence-corrected chi connectivity index (χ0v) is 12.8. The van der Waals surface area contributed by atoms with Crippen LogP contribution in [0, 0.1) is 0 Å². The molecule has 1 aliphatic rings. The van der Waals surface area contributed by atoms with Crippen molar-refractivity contribution >= 4 is 13.5 Å². The van der Waals surface area contributed by atoms with E-state index in [4.69, 9.17) is 9.47 Å². The number of carbonyl (C=O) groups is 1. The highest BCUT2D eigenvalue weighted by Gasteiger charge is 2.44. The molecule has 116 valence electrons. The minimum Gasteiger partial charge on any atom is -0.418 e. The Hall–Kier alpha value is -1.20. The quantitative estimate of drug-likeness (QED) is 0.476. The van der Waals surface area contributed by atoms with Gasteiger partial charge in [-0.05, 0) is 12.0 Å². The zero-order chi connectivity index (χ0) is 15.3. The Kier molecular flexibility index (Phi) is 5.17. The molecule has 21 heavy (non-hydrogen) atoms. The Labute approximate surface area is 124 Å². The molecule has 1 aromatic rings. The summed E-state index contributed by atoms with van der Waals surface area (Å²) in [5.74, 6) is -1.95.